The molecule has 0 aliphatic rings. The third-order valence-corrected chi connectivity index (χ3v) is 10.0. The molecule has 0 saturated carbocycles. The van der Waals surface area contributed by atoms with Crippen molar-refractivity contribution >= 4 is 71.3 Å². The molecular weight excluding hydrogens is 607 g/mol. The molecule has 0 amide bonds. The summed E-state index contributed by atoms with van der Waals surface area (Å²) >= 11 is 0. The van der Waals surface area contributed by atoms with Gasteiger partial charge in [-0.25, -0.2) is 0 Å². The Morgan fingerprint density at radius 1 is 0.320 bits per heavy atom. The van der Waals surface area contributed by atoms with Crippen LogP contribution in [0.1, 0.15) is 0 Å². The van der Waals surface area contributed by atoms with Crippen molar-refractivity contribution in [2.75, 3.05) is 4.90 Å². The molecule has 0 spiro atoms. The minimum atomic E-state index is 0.889. The average molecular weight is 638 g/mol. The van der Waals surface area contributed by atoms with E-state index in [4.69, 9.17) is 4.42 Å². The predicted octanol–water partition coefficient (Wildman–Crippen LogP) is 13.8. The number of fused-ring (bicyclic) bond motifs is 7. The molecule has 10 aromatic rings. The Labute approximate surface area is 290 Å². The molecule has 0 bridgehead atoms. The molecule has 1 aromatic heterocycles. The first-order valence-electron chi connectivity index (χ1n) is 17.1. The van der Waals surface area contributed by atoms with Crippen LogP contribution in [-0.4, -0.2) is 0 Å². The van der Waals surface area contributed by atoms with E-state index < -0.39 is 0 Å². The quantitative estimate of drug-likeness (QED) is 0.175. The van der Waals surface area contributed by atoms with Gasteiger partial charge in [-0.05, 0) is 91.6 Å². The topological polar surface area (TPSA) is 16.4 Å². The molecule has 9 aromatic carbocycles. The fourth-order valence-electron chi connectivity index (χ4n) is 7.62. The normalized spacial score (nSPS) is 11.6. The van der Waals surface area contributed by atoms with Gasteiger partial charge < -0.3 is 9.32 Å². The van der Waals surface area contributed by atoms with Crippen LogP contribution >= 0.6 is 0 Å². The molecule has 2 nitrogen and oxygen atoms in total. The van der Waals surface area contributed by atoms with Crippen LogP contribution in [0.25, 0.3) is 76.5 Å². The van der Waals surface area contributed by atoms with Gasteiger partial charge in [-0.1, -0.05) is 146 Å². The summed E-state index contributed by atoms with van der Waals surface area (Å²) in [5.74, 6) is 0. The molecule has 0 fully saturated rings. The second-order valence-corrected chi connectivity index (χ2v) is 12.9. The van der Waals surface area contributed by atoms with Crippen LogP contribution in [0.3, 0.4) is 0 Å². The van der Waals surface area contributed by atoms with E-state index in [1.165, 1.54) is 54.6 Å². The first-order valence-corrected chi connectivity index (χ1v) is 17.1. The van der Waals surface area contributed by atoms with Crippen LogP contribution in [0.5, 0.6) is 0 Å². The smallest absolute Gasteiger partial charge is 0.135 e. The van der Waals surface area contributed by atoms with Crippen molar-refractivity contribution in [1.82, 2.24) is 0 Å². The summed E-state index contributed by atoms with van der Waals surface area (Å²) in [5.41, 5.74) is 9.94. The highest BCUT2D eigenvalue weighted by atomic mass is 16.3. The maximum atomic E-state index is 6.23. The van der Waals surface area contributed by atoms with E-state index in [9.17, 15) is 0 Å². The van der Waals surface area contributed by atoms with Gasteiger partial charge in [0.25, 0.3) is 0 Å². The van der Waals surface area contributed by atoms with Gasteiger partial charge in [0.15, 0.2) is 0 Å². The van der Waals surface area contributed by atoms with Crippen LogP contribution in [0.4, 0.5) is 17.1 Å². The lowest BCUT2D eigenvalue weighted by molar-refractivity contribution is 0.669. The second-order valence-electron chi connectivity index (χ2n) is 12.9. The monoisotopic (exact) mass is 637 g/mol. The van der Waals surface area contributed by atoms with Crippen LogP contribution < -0.4 is 4.90 Å². The fourth-order valence-corrected chi connectivity index (χ4v) is 7.62. The van der Waals surface area contributed by atoms with E-state index in [0.717, 1.165) is 39.0 Å². The number of para-hydroxylation sites is 1. The van der Waals surface area contributed by atoms with Gasteiger partial charge in [-0.15, -0.1) is 0 Å². The Hall–Kier alpha value is -6.64. The molecule has 0 N–H and O–H groups in total. The van der Waals surface area contributed by atoms with Crippen LogP contribution in [-0.2, 0) is 0 Å². The van der Waals surface area contributed by atoms with Crippen molar-refractivity contribution in [3.63, 3.8) is 0 Å². The van der Waals surface area contributed by atoms with Crippen molar-refractivity contribution in [1.29, 1.82) is 0 Å². The van der Waals surface area contributed by atoms with Gasteiger partial charge >= 0.3 is 0 Å². The summed E-state index contributed by atoms with van der Waals surface area (Å²) in [7, 11) is 0. The number of hydrogen-bond donors (Lipinski definition) is 0. The molecule has 50 heavy (non-hydrogen) atoms. The molecule has 234 valence electrons. The Bertz CT molecular complexity index is 2860. The standard InChI is InChI=1S/C48H31NO/c1-3-13-39-34(10-1)12-9-18-40(39)35-22-20-32(21-23-35)33-24-26-37(27-25-33)49(38-28-29-48-45(31-38)44-17-7-8-19-47(44)50-48)46-30-36-11-2-4-14-41(36)42-15-5-6-16-43(42)46/h1-31H. The molecular formula is C48H31NO. The number of nitrogens with zero attached hydrogens (tertiary/aromatic N) is 1. The summed E-state index contributed by atoms with van der Waals surface area (Å²) in [6.07, 6.45) is 0. The first kappa shape index (κ1) is 28.4. The zero-order valence-electron chi connectivity index (χ0n) is 27.3. The fraction of sp³-hybridized carbons (Fsp3) is 0. The highest BCUT2D eigenvalue weighted by Crippen LogP contribution is 2.44. The van der Waals surface area contributed by atoms with Gasteiger partial charge in [-0.3, -0.25) is 0 Å². The maximum Gasteiger partial charge on any atom is 0.135 e. The number of furan rings is 1. The maximum absolute atomic E-state index is 6.23. The highest BCUT2D eigenvalue weighted by Gasteiger charge is 2.19. The Balaban J connectivity index is 1.11. The third kappa shape index (κ3) is 4.65. The molecule has 0 aliphatic carbocycles. The van der Waals surface area contributed by atoms with Crippen molar-refractivity contribution in [3.8, 4) is 22.3 Å². The minimum absolute atomic E-state index is 0.889. The summed E-state index contributed by atoms with van der Waals surface area (Å²) in [6.45, 7) is 0. The van der Waals surface area contributed by atoms with Crippen molar-refractivity contribution in [2.45, 2.75) is 0 Å². The molecule has 0 radical (unpaired) electrons. The van der Waals surface area contributed by atoms with Crippen LogP contribution in [0.15, 0.2) is 192 Å². The van der Waals surface area contributed by atoms with Crippen molar-refractivity contribution in [2.24, 2.45) is 0 Å². The zero-order valence-corrected chi connectivity index (χ0v) is 27.3. The first-order chi connectivity index (χ1) is 24.8. The SMILES string of the molecule is c1ccc2c(-c3ccc(-c4ccc(N(c5ccc6oc7ccccc7c6c5)c5cc6ccccc6c6ccccc56)cc4)cc3)cccc2c1. The number of anilines is 3. The predicted molar refractivity (Wildman–Crippen MR) is 212 cm³/mol. The van der Waals surface area contributed by atoms with Gasteiger partial charge in [0.1, 0.15) is 11.2 Å². The summed E-state index contributed by atoms with van der Waals surface area (Å²) < 4.78 is 6.23. The second kappa shape index (κ2) is 11.5. The summed E-state index contributed by atoms with van der Waals surface area (Å²) in [5, 5.41) is 9.67. The van der Waals surface area contributed by atoms with Gasteiger partial charge in [-0.2, -0.15) is 0 Å². The van der Waals surface area contributed by atoms with Gasteiger partial charge in [0.2, 0.25) is 0 Å². The largest absolute Gasteiger partial charge is 0.456 e. The van der Waals surface area contributed by atoms with E-state index in [0.29, 0.717) is 0 Å². The lowest BCUT2D eigenvalue weighted by Crippen LogP contribution is -2.10. The highest BCUT2D eigenvalue weighted by molar-refractivity contribution is 6.15. The van der Waals surface area contributed by atoms with Crippen LogP contribution in [0, 0.1) is 0 Å². The summed E-state index contributed by atoms with van der Waals surface area (Å²) in [4.78, 5) is 2.39. The Kier molecular flexibility index (Phi) is 6.53. The average Bonchev–Trinajstić information content (AvgIpc) is 3.56. The van der Waals surface area contributed by atoms with Gasteiger partial charge in [0.05, 0.1) is 5.69 Å². The zero-order chi connectivity index (χ0) is 33.0. The number of hydrogen-bond acceptors (Lipinski definition) is 2. The molecule has 0 aliphatic heterocycles. The summed E-state index contributed by atoms with van der Waals surface area (Å²) in [6, 6.07) is 67.6. The van der Waals surface area contributed by atoms with E-state index in [-0.39, 0.29) is 0 Å². The Morgan fingerprint density at radius 2 is 0.880 bits per heavy atom. The lowest BCUT2D eigenvalue weighted by Gasteiger charge is -2.28. The van der Waals surface area contributed by atoms with E-state index in [2.05, 4.69) is 181 Å². The molecule has 0 unspecified atom stereocenters. The van der Waals surface area contributed by atoms with Gasteiger partial charge in [0, 0.05) is 27.5 Å². The molecule has 10 rings (SSSR count). The third-order valence-electron chi connectivity index (χ3n) is 10.0. The van der Waals surface area contributed by atoms with E-state index >= 15 is 0 Å². The molecule has 2 heteroatoms. The van der Waals surface area contributed by atoms with E-state index in [1.54, 1.807) is 0 Å². The number of benzene rings is 9. The molecule has 0 atom stereocenters. The number of rotatable bonds is 5. The Morgan fingerprint density at radius 3 is 1.68 bits per heavy atom. The van der Waals surface area contributed by atoms with Crippen molar-refractivity contribution < 1.29 is 4.42 Å². The lowest BCUT2D eigenvalue weighted by atomic mass is 9.96. The van der Waals surface area contributed by atoms with Crippen LogP contribution in [0.2, 0.25) is 0 Å². The van der Waals surface area contributed by atoms with E-state index in [1.807, 2.05) is 12.1 Å². The van der Waals surface area contributed by atoms with Crippen molar-refractivity contribution in [3.05, 3.63) is 188 Å². The molecule has 1 heterocycles. The minimum Gasteiger partial charge on any atom is -0.456 e. The molecule has 0 saturated heterocycles.